The Labute approximate surface area is 135 Å². The molecule has 1 heterocycles. The molecule has 1 aromatic carbocycles. The molecule has 2 aromatic rings. The maximum absolute atomic E-state index is 12.0. The average molecular weight is 318 g/mol. The zero-order valence-electron chi connectivity index (χ0n) is 13.8. The second kappa shape index (κ2) is 6.75. The lowest BCUT2D eigenvalue weighted by Crippen LogP contribution is -2.40. The van der Waals surface area contributed by atoms with Gasteiger partial charge in [0.2, 0.25) is 0 Å². The van der Waals surface area contributed by atoms with Crippen molar-refractivity contribution in [3.8, 4) is 5.75 Å². The zero-order valence-corrected chi connectivity index (χ0v) is 13.8. The first-order valence-corrected chi connectivity index (χ1v) is 7.30. The molecular formula is C17H22N2O4. The maximum Gasteiger partial charge on any atom is 0.319 e. The number of rotatable bonds is 5. The van der Waals surface area contributed by atoms with E-state index in [0.29, 0.717) is 23.0 Å². The van der Waals surface area contributed by atoms with Gasteiger partial charge in [0.15, 0.2) is 0 Å². The van der Waals surface area contributed by atoms with Gasteiger partial charge < -0.3 is 24.9 Å². The highest BCUT2D eigenvalue weighted by atomic mass is 16.5. The van der Waals surface area contributed by atoms with Crippen LogP contribution in [0.4, 0.5) is 10.5 Å². The molecule has 23 heavy (non-hydrogen) atoms. The molecule has 0 saturated heterocycles. The van der Waals surface area contributed by atoms with Gasteiger partial charge in [0.05, 0.1) is 13.7 Å². The highest BCUT2D eigenvalue weighted by Gasteiger charge is 2.27. The molecular weight excluding hydrogens is 296 g/mol. The summed E-state index contributed by atoms with van der Waals surface area (Å²) in [5, 5.41) is 15.8. The molecule has 2 amide bonds. The molecule has 0 aliphatic heterocycles. The molecule has 1 atom stereocenters. The fraction of sp³-hybridized carbons (Fsp3) is 0.353. The Bertz CT molecular complexity index is 692. The highest BCUT2D eigenvalue weighted by Crippen LogP contribution is 2.23. The highest BCUT2D eigenvalue weighted by molar-refractivity contribution is 5.90. The summed E-state index contributed by atoms with van der Waals surface area (Å²) in [6, 6.07) is 8.47. The monoisotopic (exact) mass is 318 g/mol. The summed E-state index contributed by atoms with van der Waals surface area (Å²) in [5.74, 6) is 1.77. The van der Waals surface area contributed by atoms with Crippen molar-refractivity contribution < 1.29 is 19.1 Å². The number of nitrogens with one attached hydrogen (secondary N) is 2. The SMILES string of the molecule is COc1ccc(C)c(NC(=O)NCC(C)(O)c2ccc(C)o2)c1. The van der Waals surface area contributed by atoms with Gasteiger partial charge in [0, 0.05) is 11.8 Å². The van der Waals surface area contributed by atoms with Gasteiger partial charge >= 0.3 is 6.03 Å². The van der Waals surface area contributed by atoms with Crippen LogP contribution in [-0.4, -0.2) is 24.8 Å². The molecule has 6 nitrogen and oxygen atoms in total. The van der Waals surface area contributed by atoms with E-state index in [1.807, 2.05) is 19.1 Å². The zero-order chi connectivity index (χ0) is 17.0. The minimum atomic E-state index is -1.28. The summed E-state index contributed by atoms with van der Waals surface area (Å²) in [5.41, 5.74) is 0.277. The minimum absolute atomic E-state index is 0.0226. The van der Waals surface area contributed by atoms with Crippen LogP contribution in [0, 0.1) is 13.8 Å². The number of methoxy groups -OCH3 is 1. The molecule has 124 valence electrons. The molecule has 2 rings (SSSR count). The molecule has 0 fully saturated rings. The fourth-order valence-electron chi connectivity index (χ4n) is 2.09. The molecule has 0 aliphatic carbocycles. The smallest absolute Gasteiger partial charge is 0.319 e. The normalized spacial score (nSPS) is 13.3. The van der Waals surface area contributed by atoms with Gasteiger partial charge in [-0.25, -0.2) is 4.79 Å². The van der Waals surface area contributed by atoms with Crippen LogP contribution in [0.5, 0.6) is 5.75 Å². The first kappa shape index (κ1) is 16.9. The van der Waals surface area contributed by atoms with Crippen molar-refractivity contribution in [3.05, 3.63) is 47.4 Å². The third-order valence-electron chi connectivity index (χ3n) is 3.56. The molecule has 1 aromatic heterocycles. The van der Waals surface area contributed by atoms with Crippen molar-refractivity contribution >= 4 is 11.7 Å². The Hall–Kier alpha value is -2.47. The lowest BCUT2D eigenvalue weighted by Gasteiger charge is -2.21. The molecule has 1 unspecified atom stereocenters. The summed E-state index contributed by atoms with van der Waals surface area (Å²) in [4.78, 5) is 12.0. The van der Waals surface area contributed by atoms with E-state index in [1.54, 1.807) is 39.2 Å². The maximum atomic E-state index is 12.0. The van der Waals surface area contributed by atoms with Gasteiger partial charge in [-0.2, -0.15) is 0 Å². The van der Waals surface area contributed by atoms with Crippen LogP contribution in [0.1, 0.15) is 24.0 Å². The predicted molar refractivity (Wildman–Crippen MR) is 87.8 cm³/mol. The number of ether oxygens (including phenoxy) is 1. The largest absolute Gasteiger partial charge is 0.497 e. The minimum Gasteiger partial charge on any atom is -0.497 e. The van der Waals surface area contributed by atoms with Crippen LogP contribution in [0.25, 0.3) is 0 Å². The Morgan fingerprint density at radius 1 is 1.30 bits per heavy atom. The van der Waals surface area contributed by atoms with Crippen LogP contribution in [0.15, 0.2) is 34.7 Å². The molecule has 0 radical (unpaired) electrons. The van der Waals surface area contributed by atoms with E-state index < -0.39 is 11.6 Å². The van der Waals surface area contributed by atoms with Crippen LogP contribution in [-0.2, 0) is 5.60 Å². The van der Waals surface area contributed by atoms with Crippen LogP contribution in [0.2, 0.25) is 0 Å². The molecule has 0 saturated carbocycles. The summed E-state index contributed by atoms with van der Waals surface area (Å²) in [6.45, 7) is 5.29. The number of carbonyl (C=O) groups excluding carboxylic acids is 1. The molecule has 0 aliphatic rings. The van der Waals surface area contributed by atoms with Gasteiger partial charge in [0.25, 0.3) is 0 Å². The third-order valence-corrected chi connectivity index (χ3v) is 3.56. The number of furan rings is 1. The van der Waals surface area contributed by atoms with E-state index in [0.717, 1.165) is 5.56 Å². The molecule has 0 spiro atoms. The van der Waals surface area contributed by atoms with Gasteiger partial charge in [-0.3, -0.25) is 0 Å². The first-order chi connectivity index (χ1) is 10.8. The summed E-state index contributed by atoms with van der Waals surface area (Å²) >= 11 is 0. The second-order valence-electron chi connectivity index (χ2n) is 5.67. The standard InChI is InChI=1S/C17H22N2O4/c1-11-5-7-13(22-4)9-14(11)19-16(20)18-10-17(3,21)15-8-6-12(2)23-15/h5-9,21H,10H2,1-4H3,(H2,18,19,20). The number of anilines is 1. The third kappa shape index (κ3) is 4.26. The number of benzene rings is 1. The van der Waals surface area contributed by atoms with Crippen molar-refractivity contribution in [1.82, 2.24) is 5.32 Å². The lowest BCUT2D eigenvalue weighted by molar-refractivity contribution is 0.0364. The second-order valence-corrected chi connectivity index (χ2v) is 5.67. The van der Waals surface area contributed by atoms with E-state index in [9.17, 15) is 9.90 Å². The Morgan fingerprint density at radius 2 is 2.04 bits per heavy atom. The topological polar surface area (TPSA) is 83.7 Å². The van der Waals surface area contributed by atoms with Gasteiger partial charge in [-0.1, -0.05) is 6.07 Å². The average Bonchev–Trinajstić information content (AvgIpc) is 2.95. The Kier molecular flexibility index (Phi) is 4.95. The van der Waals surface area contributed by atoms with E-state index in [4.69, 9.17) is 9.15 Å². The molecule has 3 N–H and O–H groups in total. The number of carbonyl (C=O) groups is 1. The molecule has 0 bridgehead atoms. The van der Waals surface area contributed by atoms with E-state index in [-0.39, 0.29) is 6.54 Å². The van der Waals surface area contributed by atoms with Gasteiger partial charge in [-0.15, -0.1) is 0 Å². The molecule has 6 heteroatoms. The summed E-state index contributed by atoms with van der Waals surface area (Å²) < 4.78 is 10.6. The number of aliphatic hydroxyl groups is 1. The summed E-state index contributed by atoms with van der Waals surface area (Å²) in [6.07, 6.45) is 0. The van der Waals surface area contributed by atoms with Crippen molar-refractivity contribution in [2.24, 2.45) is 0 Å². The number of urea groups is 1. The van der Waals surface area contributed by atoms with E-state index >= 15 is 0 Å². The summed E-state index contributed by atoms with van der Waals surface area (Å²) in [7, 11) is 1.57. The van der Waals surface area contributed by atoms with Gasteiger partial charge in [-0.05, 0) is 44.5 Å². The Balaban J connectivity index is 1.97. The quantitative estimate of drug-likeness (QED) is 0.791. The lowest BCUT2D eigenvalue weighted by atomic mass is 10.0. The van der Waals surface area contributed by atoms with Crippen LogP contribution < -0.4 is 15.4 Å². The van der Waals surface area contributed by atoms with Crippen LogP contribution in [0.3, 0.4) is 0 Å². The number of hydrogen-bond donors (Lipinski definition) is 3. The van der Waals surface area contributed by atoms with E-state index in [2.05, 4.69) is 10.6 Å². The first-order valence-electron chi connectivity index (χ1n) is 7.30. The van der Waals surface area contributed by atoms with Crippen molar-refractivity contribution in [3.63, 3.8) is 0 Å². The fourth-order valence-corrected chi connectivity index (χ4v) is 2.09. The Morgan fingerprint density at radius 3 is 2.65 bits per heavy atom. The number of hydrogen-bond acceptors (Lipinski definition) is 4. The number of aryl methyl sites for hydroxylation is 2. The van der Waals surface area contributed by atoms with Crippen molar-refractivity contribution in [2.75, 3.05) is 19.0 Å². The predicted octanol–water partition coefficient (Wildman–Crippen LogP) is 2.93. The number of amides is 2. The van der Waals surface area contributed by atoms with Crippen molar-refractivity contribution in [2.45, 2.75) is 26.4 Å². The van der Waals surface area contributed by atoms with E-state index in [1.165, 1.54) is 0 Å². The van der Waals surface area contributed by atoms with Crippen LogP contribution >= 0.6 is 0 Å². The van der Waals surface area contributed by atoms with Gasteiger partial charge in [0.1, 0.15) is 22.9 Å². The van der Waals surface area contributed by atoms with Crippen molar-refractivity contribution in [1.29, 1.82) is 0 Å².